The highest BCUT2D eigenvalue weighted by Crippen LogP contribution is 2.36. The first-order chi connectivity index (χ1) is 8.62. The van der Waals surface area contributed by atoms with Gasteiger partial charge in [0.2, 0.25) is 5.75 Å². The lowest BCUT2D eigenvalue weighted by molar-refractivity contribution is 0.340. The van der Waals surface area contributed by atoms with Gasteiger partial charge in [0.05, 0.1) is 20.4 Å². The fourth-order valence-electron chi connectivity index (χ4n) is 1.21. The second-order valence-electron chi connectivity index (χ2n) is 3.22. The number of phenolic OH excluding ortho intramolecular Hbond substituents is 1. The van der Waals surface area contributed by atoms with E-state index in [-0.39, 0.29) is 5.75 Å². The smallest absolute Gasteiger partial charge is 0.200 e. The maximum atomic E-state index is 9.72. The van der Waals surface area contributed by atoms with Crippen molar-refractivity contribution in [3.8, 4) is 17.2 Å². The van der Waals surface area contributed by atoms with Crippen LogP contribution in [0.3, 0.4) is 0 Å². The molecule has 0 heterocycles. The highest BCUT2D eigenvalue weighted by molar-refractivity contribution is 7.80. The van der Waals surface area contributed by atoms with E-state index in [0.29, 0.717) is 22.2 Å². The van der Waals surface area contributed by atoms with Crippen LogP contribution < -0.4 is 20.2 Å². The number of aromatic hydroxyl groups is 1. The summed E-state index contributed by atoms with van der Waals surface area (Å²) >= 11 is 4.86. The van der Waals surface area contributed by atoms with E-state index in [4.69, 9.17) is 21.7 Å². The standard InChI is InChI=1S/C11H15N3O3S/c1-12-11(18)14-13-6-7-4-8(16-2)10(15)9(5-7)17-3/h4-6,15H,1-3H3,(H2,12,14,18). The maximum absolute atomic E-state index is 9.72. The van der Waals surface area contributed by atoms with Gasteiger partial charge in [0.25, 0.3) is 0 Å². The number of nitrogens with zero attached hydrogens (tertiary/aromatic N) is 1. The highest BCUT2D eigenvalue weighted by atomic mass is 32.1. The third-order valence-electron chi connectivity index (χ3n) is 2.11. The molecule has 1 rings (SSSR count). The van der Waals surface area contributed by atoms with Crippen molar-refractivity contribution in [2.24, 2.45) is 5.10 Å². The van der Waals surface area contributed by atoms with Crippen LogP contribution in [0.25, 0.3) is 0 Å². The van der Waals surface area contributed by atoms with Gasteiger partial charge in [0.15, 0.2) is 16.6 Å². The lowest BCUT2D eigenvalue weighted by atomic mass is 10.2. The summed E-state index contributed by atoms with van der Waals surface area (Å²) in [6.07, 6.45) is 1.54. The Morgan fingerprint density at radius 3 is 2.33 bits per heavy atom. The Morgan fingerprint density at radius 2 is 1.89 bits per heavy atom. The fraction of sp³-hybridized carbons (Fsp3) is 0.273. The second kappa shape index (κ2) is 6.65. The molecular weight excluding hydrogens is 254 g/mol. The Kier molecular flexibility index (Phi) is 5.19. The summed E-state index contributed by atoms with van der Waals surface area (Å²) in [6.45, 7) is 0. The number of hydrazone groups is 1. The van der Waals surface area contributed by atoms with E-state index in [1.807, 2.05) is 0 Å². The van der Waals surface area contributed by atoms with Gasteiger partial charge >= 0.3 is 0 Å². The molecule has 0 radical (unpaired) electrons. The van der Waals surface area contributed by atoms with E-state index >= 15 is 0 Å². The molecule has 3 N–H and O–H groups in total. The highest BCUT2D eigenvalue weighted by Gasteiger charge is 2.09. The zero-order valence-corrected chi connectivity index (χ0v) is 11.2. The quantitative estimate of drug-likeness (QED) is 0.427. The van der Waals surface area contributed by atoms with E-state index in [1.54, 1.807) is 19.2 Å². The Morgan fingerprint density at radius 1 is 1.33 bits per heavy atom. The van der Waals surface area contributed by atoms with E-state index in [2.05, 4.69) is 15.8 Å². The third-order valence-corrected chi connectivity index (χ3v) is 2.40. The van der Waals surface area contributed by atoms with Crippen LogP contribution in [0, 0.1) is 0 Å². The lowest BCUT2D eigenvalue weighted by Crippen LogP contribution is -2.28. The number of hydrogen-bond acceptors (Lipinski definition) is 5. The van der Waals surface area contributed by atoms with E-state index in [0.717, 1.165) is 0 Å². The van der Waals surface area contributed by atoms with Crippen LogP contribution in [0.1, 0.15) is 5.56 Å². The molecule has 7 heteroatoms. The molecule has 0 fully saturated rings. The van der Waals surface area contributed by atoms with Gasteiger partial charge in [-0.3, -0.25) is 5.43 Å². The van der Waals surface area contributed by atoms with Crippen molar-refractivity contribution in [1.29, 1.82) is 0 Å². The predicted molar refractivity (Wildman–Crippen MR) is 73.6 cm³/mol. The number of hydrogen-bond donors (Lipinski definition) is 3. The van der Waals surface area contributed by atoms with Crippen LogP contribution in [-0.2, 0) is 0 Å². The molecule has 1 aromatic rings. The first-order valence-corrected chi connectivity index (χ1v) is 5.49. The molecule has 0 unspecified atom stereocenters. The summed E-state index contributed by atoms with van der Waals surface area (Å²) < 4.78 is 10.1. The molecule has 98 valence electrons. The summed E-state index contributed by atoms with van der Waals surface area (Å²) in [5, 5.41) is 16.8. The maximum Gasteiger partial charge on any atom is 0.200 e. The molecule has 0 aromatic heterocycles. The van der Waals surface area contributed by atoms with Gasteiger partial charge in [-0.1, -0.05) is 0 Å². The van der Waals surface area contributed by atoms with Crippen molar-refractivity contribution in [1.82, 2.24) is 10.7 Å². The Bertz CT molecular complexity index is 438. The number of rotatable bonds is 4. The van der Waals surface area contributed by atoms with Gasteiger partial charge in [0.1, 0.15) is 0 Å². The molecule has 6 nitrogen and oxygen atoms in total. The summed E-state index contributed by atoms with van der Waals surface area (Å²) in [5.41, 5.74) is 3.32. The van der Waals surface area contributed by atoms with Crippen molar-refractivity contribution in [3.05, 3.63) is 17.7 Å². The Balaban J connectivity index is 2.92. The summed E-state index contributed by atoms with van der Waals surface area (Å²) in [5.74, 6) is 0.579. The van der Waals surface area contributed by atoms with E-state index in [9.17, 15) is 5.11 Å². The molecular formula is C11H15N3O3S. The van der Waals surface area contributed by atoms with Gasteiger partial charge in [-0.05, 0) is 24.4 Å². The zero-order valence-electron chi connectivity index (χ0n) is 10.4. The summed E-state index contributed by atoms with van der Waals surface area (Å²) in [6, 6.07) is 3.26. The number of benzene rings is 1. The van der Waals surface area contributed by atoms with Crippen LogP contribution in [0.15, 0.2) is 17.2 Å². The van der Waals surface area contributed by atoms with Gasteiger partial charge in [-0.15, -0.1) is 0 Å². The van der Waals surface area contributed by atoms with Crippen LogP contribution in [-0.4, -0.2) is 37.7 Å². The number of thiocarbonyl (C=S) groups is 1. The number of phenols is 1. The van der Waals surface area contributed by atoms with Crippen LogP contribution in [0.5, 0.6) is 17.2 Å². The molecule has 0 aliphatic heterocycles. The largest absolute Gasteiger partial charge is 0.502 e. The predicted octanol–water partition coefficient (Wildman–Crippen LogP) is 0.837. The molecule has 0 spiro atoms. The molecule has 0 saturated heterocycles. The summed E-state index contributed by atoms with van der Waals surface area (Å²) in [7, 11) is 4.62. The molecule has 0 aliphatic carbocycles. The third kappa shape index (κ3) is 3.49. The topological polar surface area (TPSA) is 75.1 Å². The van der Waals surface area contributed by atoms with Crippen molar-refractivity contribution in [3.63, 3.8) is 0 Å². The number of nitrogens with one attached hydrogen (secondary N) is 2. The van der Waals surface area contributed by atoms with Gasteiger partial charge in [-0.2, -0.15) is 5.10 Å². The lowest BCUT2D eigenvalue weighted by Gasteiger charge is -2.09. The Labute approximate surface area is 111 Å². The van der Waals surface area contributed by atoms with Gasteiger partial charge < -0.3 is 19.9 Å². The van der Waals surface area contributed by atoms with Crippen molar-refractivity contribution < 1.29 is 14.6 Å². The minimum absolute atomic E-state index is 0.0455. The number of ether oxygens (including phenoxy) is 2. The SMILES string of the molecule is CNC(=S)NN=Cc1cc(OC)c(O)c(OC)c1. The summed E-state index contributed by atoms with van der Waals surface area (Å²) in [4.78, 5) is 0. The Hall–Kier alpha value is -2.02. The van der Waals surface area contributed by atoms with Crippen molar-refractivity contribution in [2.45, 2.75) is 0 Å². The first-order valence-electron chi connectivity index (χ1n) is 5.08. The molecule has 0 saturated carbocycles. The average Bonchev–Trinajstić information content (AvgIpc) is 2.39. The van der Waals surface area contributed by atoms with Gasteiger partial charge in [-0.25, -0.2) is 0 Å². The minimum atomic E-state index is -0.0455. The molecule has 0 bridgehead atoms. The zero-order chi connectivity index (χ0) is 13.5. The van der Waals surface area contributed by atoms with Crippen molar-refractivity contribution >= 4 is 23.5 Å². The molecule has 18 heavy (non-hydrogen) atoms. The van der Waals surface area contributed by atoms with E-state index in [1.165, 1.54) is 20.4 Å². The molecule has 0 amide bonds. The van der Waals surface area contributed by atoms with Gasteiger partial charge in [0, 0.05) is 12.6 Å². The molecule has 0 atom stereocenters. The van der Waals surface area contributed by atoms with Crippen molar-refractivity contribution in [2.75, 3.05) is 21.3 Å². The fourth-order valence-corrected chi connectivity index (χ4v) is 1.26. The molecule has 1 aromatic carbocycles. The monoisotopic (exact) mass is 269 g/mol. The normalized spacial score (nSPS) is 10.2. The van der Waals surface area contributed by atoms with Crippen LogP contribution in [0.2, 0.25) is 0 Å². The molecule has 0 aliphatic rings. The average molecular weight is 269 g/mol. The van der Waals surface area contributed by atoms with E-state index < -0.39 is 0 Å². The first kappa shape index (κ1) is 14.0. The van der Waals surface area contributed by atoms with Crippen LogP contribution >= 0.6 is 12.2 Å². The van der Waals surface area contributed by atoms with Crippen LogP contribution in [0.4, 0.5) is 0 Å². The number of methoxy groups -OCH3 is 2. The minimum Gasteiger partial charge on any atom is -0.502 e. The second-order valence-corrected chi connectivity index (χ2v) is 3.63.